The molecular weight excluding hydrogens is 428 g/mol. The van der Waals surface area contributed by atoms with Gasteiger partial charge >= 0.3 is 10.2 Å². The Balaban J connectivity index is 1.66. The second kappa shape index (κ2) is 8.42. The number of morpholine rings is 1. The first-order valence-corrected chi connectivity index (χ1v) is 12.5. The molecule has 0 aromatic carbocycles. The van der Waals surface area contributed by atoms with E-state index in [2.05, 4.69) is 22.9 Å². The molecule has 0 N–H and O–H groups in total. The van der Waals surface area contributed by atoms with Gasteiger partial charge in [-0.3, -0.25) is 4.98 Å². The van der Waals surface area contributed by atoms with Crippen molar-refractivity contribution in [3.05, 3.63) is 35.7 Å². The van der Waals surface area contributed by atoms with Crippen LogP contribution in [0, 0.1) is 0 Å². The van der Waals surface area contributed by atoms with Crippen LogP contribution in [0.25, 0.3) is 17.5 Å². The van der Waals surface area contributed by atoms with E-state index in [1.165, 1.54) is 8.61 Å². The van der Waals surface area contributed by atoms with Crippen LogP contribution in [0.1, 0.15) is 31.5 Å². The highest BCUT2D eigenvalue weighted by Gasteiger charge is 2.35. The fourth-order valence-electron chi connectivity index (χ4n) is 4.55. The van der Waals surface area contributed by atoms with Crippen LogP contribution in [0.3, 0.4) is 0 Å². The molecule has 5 rings (SSSR count). The third-order valence-corrected chi connectivity index (χ3v) is 8.27. The SMILES string of the molecule is CCN1CCCN(c2cc(N3CCOC[C@H]3C)nc(-c3ccnc4c3C=CC4)n2)S1(=O)=O. The van der Waals surface area contributed by atoms with Crippen LogP contribution in [-0.4, -0.2) is 73.1 Å². The van der Waals surface area contributed by atoms with Crippen molar-refractivity contribution in [2.75, 3.05) is 48.6 Å². The predicted octanol–water partition coefficient (Wildman–Crippen LogP) is 2.11. The van der Waals surface area contributed by atoms with Crippen LogP contribution < -0.4 is 9.21 Å². The maximum absolute atomic E-state index is 13.3. The fourth-order valence-corrected chi connectivity index (χ4v) is 6.20. The van der Waals surface area contributed by atoms with Gasteiger partial charge < -0.3 is 9.64 Å². The molecule has 2 aromatic rings. The number of allylic oxidation sites excluding steroid dienone is 1. The monoisotopic (exact) mass is 456 g/mol. The molecule has 2 aromatic heterocycles. The summed E-state index contributed by atoms with van der Waals surface area (Å²) in [5.41, 5.74) is 2.86. The van der Waals surface area contributed by atoms with Crippen molar-refractivity contribution in [1.29, 1.82) is 0 Å². The van der Waals surface area contributed by atoms with Crippen LogP contribution in [0.15, 0.2) is 24.4 Å². The molecule has 0 radical (unpaired) electrons. The van der Waals surface area contributed by atoms with Crippen LogP contribution in [-0.2, 0) is 21.4 Å². The van der Waals surface area contributed by atoms with Crippen molar-refractivity contribution in [1.82, 2.24) is 19.3 Å². The number of aromatic nitrogens is 3. The van der Waals surface area contributed by atoms with Crippen molar-refractivity contribution in [2.45, 2.75) is 32.7 Å². The molecule has 9 nitrogen and oxygen atoms in total. The smallest absolute Gasteiger partial charge is 0.305 e. The summed E-state index contributed by atoms with van der Waals surface area (Å²) in [4.78, 5) is 16.3. The van der Waals surface area contributed by atoms with Gasteiger partial charge in [0.15, 0.2) is 5.82 Å². The molecule has 1 atom stereocenters. The van der Waals surface area contributed by atoms with E-state index in [-0.39, 0.29) is 6.04 Å². The molecule has 2 fully saturated rings. The summed E-state index contributed by atoms with van der Waals surface area (Å²) in [7, 11) is -3.63. The van der Waals surface area contributed by atoms with Gasteiger partial charge in [0.1, 0.15) is 11.6 Å². The molecule has 0 unspecified atom stereocenters. The molecule has 3 aliphatic rings. The Hall–Kier alpha value is -2.56. The topological polar surface area (TPSA) is 91.8 Å². The molecule has 1 aliphatic carbocycles. The molecule has 32 heavy (non-hydrogen) atoms. The van der Waals surface area contributed by atoms with Gasteiger partial charge in [-0.25, -0.2) is 14.3 Å². The van der Waals surface area contributed by atoms with E-state index in [0.717, 1.165) is 35.5 Å². The van der Waals surface area contributed by atoms with Crippen molar-refractivity contribution in [2.24, 2.45) is 0 Å². The Bertz CT molecular complexity index is 1150. The van der Waals surface area contributed by atoms with Gasteiger partial charge in [-0.05, 0) is 19.4 Å². The zero-order valence-corrected chi connectivity index (χ0v) is 19.3. The van der Waals surface area contributed by atoms with E-state index < -0.39 is 10.2 Å². The second-order valence-corrected chi connectivity index (χ2v) is 10.1. The first-order chi connectivity index (χ1) is 15.5. The van der Waals surface area contributed by atoms with Crippen LogP contribution in [0.4, 0.5) is 11.6 Å². The summed E-state index contributed by atoms with van der Waals surface area (Å²) in [6.07, 6.45) is 7.42. The normalized spacial score (nSPS) is 22.9. The average Bonchev–Trinajstić information content (AvgIpc) is 3.28. The van der Waals surface area contributed by atoms with Crippen molar-refractivity contribution < 1.29 is 13.2 Å². The Morgan fingerprint density at radius 1 is 1.19 bits per heavy atom. The number of nitrogens with zero attached hydrogens (tertiary/aromatic N) is 6. The fraction of sp³-hybridized carbons (Fsp3) is 0.500. The van der Waals surface area contributed by atoms with E-state index in [1.807, 2.05) is 19.1 Å². The third-order valence-electron chi connectivity index (χ3n) is 6.25. The number of anilines is 2. The standard InChI is InChI=1S/C22H28N6O3S/c1-3-26-10-5-11-28(32(26,29)30)21-14-20(27-12-13-31-15-16(27)2)24-22(25-21)18-8-9-23-19-7-4-6-17(18)19/h4,6,8-9,14,16H,3,5,7,10-13,15H2,1-2H3/t16-/m1/s1. The van der Waals surface area contributed by atoms with E-state index in [9.17, 15) is 8.42 Å². The lowest BCUT2D eigenvalue weighted by molar-refractivity contribution is 0.0985. The average molecular weight is 457 g/mol. The first kappa shape index (κ1) is 21.3. The molecular formula is C22H28N6O3S. The Morgan fingerprint density at radius 2 is 2.03 bits per heavy atom. The molecule has 170 valence electrons. The highest BCUT2D eigenvalue weighted by molar-refractivity contribution is 7.90. The number of ether oxygens (including phenoxy) is 1. The van der Waals surface area contributed by atoms with Gasteiger partial charge in [0.25, 0.3) is 0 Å². The minimum absolute atomic E-state index is 0.132. The minimum atomic E-state index is -3.63. The number of hydrogen-bond acceptors (Lipinski definition) is 7. The number of hydrogen-bond donors (Lipinski definition) is 0. The molecule has 0 saturated carbocycles. The van der Waals surface area contributed by atoms with Gasteiger partial charge in [0, 0.05) is 56.0 Å². The van der Waals surface area contributed by atoms with Crippen LogP contribution >= 0.6 is 0 Å². The van der Waals surface area contributed by atoms with E-state index >= 15 is 0 Å². The molecule has 0 spiro atoms. The largest absolute Gasteiger partial charge is 0.377 e. The highest BCUT2D eigenvalue weighted by atomic mass is 32.2. The molecule has 10 heteroatoms. The maximum atomic E-state index is 13.3. The molecule has 4 heterocycles. The maximum Gasteiger partial charge on any atom is 0.305 e. The zero-order chi connectivity index (χ0) is 22.3. The summed E-state index contributed by atoms with van der Waals surface area (Å²) in [6, 6.07) is 3.84. The summed E-state index contributed by atoms with van der Waals surface area (Å²) < 4.78 is 35.1. The quantitative estimate of drug-likeness (QED) is 0.696. The number of pyridine rings is 1. The molecule has 2 aliphatic heterocycles. The Kier molecular flexibility index (Phi) is 5.60. The molecule has 0 bridgehead atoms. The minimum Gasteiger partial charge on any atom is -0.377 e. The molecule has 2 saturated heterocycles. The predicted molar refractivity (Wildman–Crippen MR) is 124 cm³/mol. The van der Waals surface area contributed by atoms with E-state index in [4.69, 9.17) is 14.7 Å². The molecule has 0 amide bonds. The van der Waals surface area contributed by atoms with Gasteiger partial charge in [-0.1, -0.05) is 19.1 Å². The Labute approximate surface area is 188 Å². The van der Waals surface area contributed by atoms with Crippen LogP contribution in [0.5, 0.6) is 0 Å². The van der Waals surface area contributed by atoms with Gasteiger partial charge in [0.05, 0.1) is 24.9 Å². The summed E-state index contributed by atoms with van der Waals surface area (Å²) in [5, 5.41) is 0. The number of rotatable bonds is 4. The van der Waals surface area contributed by atoms with Gasteiger partial charge in [-0.2, -0.15) is 12.7 Å². The third kappa shape index (κ3) is 3.66. The van der Waals surface area contributed by atoms with E-state index in [0.29, 0.717) is 51.0 Å². The lowest BCUT2D eigenvalue weighted by Crippen LogP contribution is -2.50. The van der Waals surface area contributed by atoms with Crippen LogP contribution in [0.2, 0.25) is 0 Å². The first-order valence-electron chi connectivity index (χ1n) is 11.1. The highest BCUT2D eigenvalue weighted by Crippen LogP contribution is 2.33. The van der Waals surface area contributed by atoms with Crippen molar-refractivity contribution in [3.8, 4) is 11.4 Å². The Morgan fingerprint density at radius 3 is 2.84 bits per heavy atom. The summed E-state index contributed by atoms with van der Waals surface area (Å²) in [5.74, 6) is 1.65. The van der Waals surface area contributed by atoms with Crippen molar-refractivity contribution in [3.63, 3.8) is 0 Å². The van der Waals surface area contributed by atoms with Gasteiger partial charge in [0.2, 0.25) is 0 Å². The summed E-state index contributed by atoms with van der Waals surface area (Å²) >= 11 is 0. The number of fused-ring (bicyclic) bond motifs is 1. The van der Waals surface area contributed by atoms with E-state index in [1.54, 1.807) is 12.3 Å². The summed E-state index contributed by atoms with van der Waals surface area (Å²) in [6.45, 7) is 7.23. The lowest BCUT2D eigenvalue weighted by Gasteiger charge is -2.37. The second-order valence-electron chi connectivity index (χ2n) is 8.28. The van der Waals surface area contributed by atoms with Gasteiger partial charge in [-0.15, -0.1) is 0 Å². The zero-order valence-electron chi connectivity index (χ0n) is 18.4. The van der Waals surface area contributed by atoms with Crippen molar-refractivity contribution >= 4 is 27.9 Å². The lowest BCUT2D eigenvalue weighted by atomic mass is 10.1.